The van der Waals surface area contributed by atoms with Gasteiger partial charge in [-0.3, -0.25) is 4.79 Å². The van der Waals surface area contributed by atoms with Gasteiger partial charge in [0.1, 0.15) is 0 Å². The number of aryl methyl sites for hydroxylation is 1. The average molecular weight is 354 g/mol. The number of nitrogen functional groups attached to an aromatic ring is 1. The summed E-state index contributed by atoms with van der Waals surface area (Å²) >= 11 is 4.98. The number of carbonyl (C=O) groups is 1. The van der Waals surface area contributed by atoms with Crippen molar-refractivity contribution in [1.29, 1.82) is 0 Å². The molecule has 0 spiro atoms. The highest BCUT2D eigenvalue weighted by Gasteiger charge is 2.17. The van der Waals surface area contributed by atoms with Crippen molar-refractivity contribution in [2.75, 3.05) is 12.8 Å². The lowest BCUT2D eigenvalue weighted by Gasteiger charge is -2.18. The van der Waals surface area contributed by atoms with Crippen molar-refractivity contribution in [3.05, 3.63) is 43.8 Å². The fraction of sp³-hybridized carbons (Fsp3) is 0.286. The zero-order valence-electron chi connectivity index (χ0n) is 11.6. The van der Waals surface area contributed by atoms with E-state index in [4.69, 9.17) is 5.73 Å². The molecule has 0 saturated carbocycles. The Bertz CT molecular complexity index is 654. The molecule has 106 valence electrons. The Kier molecular flexibility index (Phi) is 4.45. The molecule has 0 fully saturated rings. The van der Waals surface area contributed by atoms with Gasteiger partial charge in [0, 0.05) is 33.8 Å². The standard InChI is InChI=1S/C14H16BrN3OS/c1-8-12(4-10(15)5-13(8)16)14(19)18(3)7-11-6-17-9(2)20-11/h4-6H,7,16H2,1-3H3. The highest BCUT2D eigenvalue weighted by Crippen LogP contribution is 2.24. The summed E-state index contributed by atoms with van der Waals surface area (Å²) in [4.78, 5) is 19.5. The van der Waals surface area contributed by atoms with E-state index in [1.807, 2.05) is 26.1 Å². The van der Waals surface area contributed by atoms with Crippen molar-refractivity contribution in [1.82, 2.24) is 9.88 Å². The maximum absolute atomic E-state index is 12.5. The molecule has 0 aliphatic heterocycles. The van der Waals surface area contributed by atoms with Gasteiger partial charge >= 0.3 is 0 Å². The molecular formula is C14H16BrN3OS. The van der Waals surface area contributed by atoms with E-state index >= 15 is 0 Å². The van der Waals surface area contributed by atoms with Gasteiger partial charge in [-0.2, -0.15) is 0 Å². The number of nitrogens with zero attached hydrogens (tertiary/aromatic N) is 2. The normalized spacial score (nSPS) is 10.6. The van der Waals surface area contributed by atoms with Gasteiger partial charge < -0.3 is 10.6 Å². The van der Waals surface area contributed by atoms with Crippen molar-refractivity contribution in [2.45, 2.75) is 20.4 Å². The largest absolute Gasteiger partial charge is 0.398 e. The molecule has 0 unspecified atom stereocenters. The summed E-state index contributed by atoms with van der Waals surface area (Å²) in [5, 5.41) is 1.00. The van der Waals surface area contributed by atoms with Gasteiger partial charge in [-0.15, -0.1) is 11.3 Å². The Morgan fingerprint density at radius 1 is 1.45 bits per heavy atom. The number of hydrogen-bond donors (Lipinski definition) is 1. The van der Waals surface area contributed by atoms with Gasteiger partial charge in [-0.25, -0.2) is 4.98 Å². The minimum absolute atomic E-state index is 0.0402. The highest BCUT2D eigenvalue weighted by molar-refractivity contribution is 9.10. The number of halogens is 1. The predicted molar refractivity (Wildman–Crippen MR) is 85.9 cm³/mol. The molecule has 6 heteroatoms. The molecule has 20 heavy (non-hydrogen) atoms. The lowest BCUT2D eigenvalue weighted by atomic mass is 10.1. The van der Waals surface area contributed by atoms with E-state index in [0.717, 1.165) is 19.9 Å². The average Bonchev–Trinajstić information content (AvgIpc) is 2.78. The van der Waals surface area contributed by atoms with Crippen LogP contribution in [-0.4, -0.2) is 22.8 Å². The van der Waals surface area contributed by atoms with Crippen molar-refractivity contribution in [3.8, 4) is 0 Å². The quantitative estimate of drug-likeness (QED) is 0.860. The van der Waals surface area contributed by atoms with Crippen LogP contribution in [0.2, 0.25) is 0 Å². The third-order valence-electron chi connectivity index (χ3n) is 3.05. The third kappa shape index (κ3) is 3.19. The zero-order chi connectivity index (χ0) is 14.9. The molecule has 1 aromatic carbocycles. The van der Waals surface area contributed by atoms with Crippen LogP contribution in [0.25, 0.3) is 0 Å². The second-order valence-electron chi connectivity index (χ2n) is 4.67. The van der Waals surface area contributed by atoms with E-state index in [9.17, 15) is 4.79 Å². The van der Waals surface area contributed by atoms with E-state index in [-0.39, 0.29) is 5.91 Å². The van der Waals surface area contributed by atoms with Gasteiger partial charge in [0.25, 0.3) is 5.91 Å². The molecule has 0 aliphatic rings. The van der Waals surface area contributed by atoms with Gasteiger partial charge in [0.05, 0.1) is 11.6 Å². The molecule has 2 N–H and O–H groups in total. The number of benzene rings is 1. The van der Waals surface area contributed by atoms with Crippen LogP contribution in [0.3, 0.4) is 0 Å². The highest BCUT2D eigenvalue weighted by atomic mass is 79.9. The van der Waals surface area contributed by atoms with Crippen LogP contribution in [0.15, 0.2) is 22.8 Å². The molecule has 0 bridgehead atoms. The second-order valence-corrected chi connectivity index (χ2v) is 6.91. The SMILES string of the molecule is Cc1ncc(CN(C)C(=O)c2cc(Br)cc(N)c2C)s1. The first-order valence-corrected chi connectivity index (χ1v) is 7.72. The molecule has 0 aliphatic carbocycles. The first kappa shape index (κ1) is 15.0. The third-order valence-corrected chi connectivity index (χ3v) is 4.41. The van der Waals surface area contributed by atoms with E-state index in [1.54, 1.807) is 29.4 Å². The van der Waals surface area contributed by atoms with Crippen molar-refractivity contribution >= 4 is 38.9 Å². The summed E-state index contributed by atoms with van der Waals surface area (Å²) in [6.45, 7) is 4.37. The van der Waals surface area contributed by atoms with Crippen LogP contribution in [0.1, 0.15) is 25.8 Å². The van der Waals surface area contributed by atoms with Gasteiger partial charge in [0.15, 0.2) is 0 Å². The number of hydrogen-bond acceptors (Lipinski definition) is 4. The molecule has 1 amide bonds. The molecule has 1 heterocycles. The lowest BCUT2D eigenvalue weighted by Crippen LogP contribution is -2.26. The summed E-state index contributed by atoms with van der Waals surface area (Å²) in [7, 11) is 1.79. The molecule has 2 aromatic rings. The van der Waals surface area contributed by atoms with Gasteiger partial charge in [-0.1, -0.05) is 15.9 Å². The van der Waals surface area contributed by atoms with Crippen LogP contribution in [0, 0.1) is 13.8 Å². The number of thiazole rings is 1. The summed E-state index contributed by atoms with van der Waals surface area (Å²) in [5.74, 6) is -0.0402. The molecule has 4 nitrogen and oxygen atoms in total. The minimum atomic E-state index is -0.0402. The van der Waals surface area contributed by atoms with Crippen LogP contribution >= 0.6 is 27.3 Å². The predicted octanol–water partition coefficient (Wildman–Crippen LogP) is 3.38. The summed E-state index contributed by atoms with van der Waals surface area (Å²) in [6.07, 6.45) is 1.81. The Labute approximate surface area is 130 Å². The topological polar surface area (TPSA) is 59.2 Å². The molecule has 1 aromatic heterocycles. The lowest BCUT2D eigenvalue weighted by molar-refractivity contribution is 0.0785. The molecule has 0 radical (unpaired) electrons. The fourth-order valence-electron chi connectivity index (χ4n) is 1.91. The number of anilines is 1. The fourth-order valence-corrected chi connectivity index (χ4v) is 3.24. The van der Waals surface area contributed by atoms with E-state index in [0.29, 0.717) is 17.8 Å². The molecule has 2 rings (SSSR count). The monoisotopic (exact) mass is 353 g/mol. The van der Waals surface area contributed by atoms with Crippen molar-refractivity contribution in [2.24, 2.45) is 0 Å². The minimum Gasteiger partial charge on any atom is -0.398 e. The summed E-state index contributed by atoms with van der Waals surface area (Å²) < 4.78 is 0.811. The Balaban J connectivity index is 2.22. The van der Waals surface area contributed by atoms with Crippen molar-refractivity contribution < 1.29 is 4.79 Å². The number of carbonyl (C=O) groups excluding carboxylic acids is 1. The molecular weight excluding hydrogens is 338 g/mol. The number of nitrogens with two attached hydrogens (primary N) is 1. The summed E-state index contributed by atoms with van der Waals surface area (Å²) in [5.41, 5.74) is 7.96. The smallest absolute Gasteiger partial charge is 0.254 e. The van der Waals surface area contributed by atoms with E-state index in [1.165, 1.54) is 0 Å². The zero-order valence-corrected chi connectivity index (χ0v) is 14.0. The first-order valence-electron chi connectivity index (χ1n) is 6.11. The molecule has 0 saturated heterocycles. The number of rotatable bonds is 3. The van der Waals surface area contributed by atoms with Crippen LogP contribution < -0.4 is 5.73 Å². The molecule has 0 atom stereocenters. The Morgan fingerprint density at radius 3 is 2.75 bits per heavy atom. The van der Waals surface area contributed by atoms with Crippen molar-refractivity contribution in [3.63, 3.8) is 0 Å². The van der Waals surface area contributed by atoms with Crippen LogP contribution in [0.4, 0.5) is 5.69 Å². The van der Waals surface area contributed by atoms with E-state index < -0.39 is 0 Å². The Morgan fingerprint density at radius 2 is 2.15 bits per heavy atom. The second kappa shape index (κ2) is 5.93. The van der Waals surface area contributed by atoms with Gasteiger partial charge in [0.2, 0.25) is 0 Å². The Hall–Kier alpha value is -1.40. The van der Waals surface area contributed by atoms with Crippen LogP contribution in [0.5, 0.6) is 0 Å². The summed E-state index contributed by atoms with van der Waals surface area (Å²) in [6, 6.07) is 3.61. The number of aromatic nitrogens is 1. The maximum Gasteiger partial charge on any atom is 0.254 e. The maximum atomic E-state index is 12.5. The van der Waals surface area contributed by atoms with Gasteiger partial charge in [-0.05, 0) is 31.5 Å². The first-order chi connectivity index (χ1) is 9.38. The van der Waals surface area contributed by atoms with E-state index in [2.05, 4.69) is 20.9 Å². The number of amides is 1. The van der Waals surface area contributed by atoms with Crippen LogP contribution in [-0.2, 0) is 6.54 Å².